The van der Waals surface area contributed by atoms with Crippen molar-refractivity contribution in [2.75, 3.05) is 48.4 Å². The van der Waals surface area contributed by atoms with Crippen molar-refractivity contribution in [3.63, 3.8) is 0 Å². The van der Waals surface area contributed by atoms with Crippen LogP contribution in [0.3, 0.4) is 0 Å². The van der Waals surface area contributed by atoms with Crippen molar-refractivity contribution in [3.05, 3.63) is 30.1 Å². The second kappa shape index (κ2) is 27.4. The molecule has 61 heavy (non-hydrogen) atoms. The first-order valence-electron chi connectivity index (χ1n) is 19.8. The van der Waals surface area contributed by atoms with Gasteiger partial charge in [-0.2, -0.15) is 9.97 Å². The molecule has 1 saturated carbocycles. The molecule has 10 heteroatoms. The zero-order valence-electron chi connectivity index (χ0n) is 34.8. The predicted octanol–water partition coefficient (Wildman–Crippen LogP) is 5.19. The van der Waals surface area contributed by atoms with Crippen molar-refractivity contribution in [1.82, 2.24) is 25.3 Å². The summed E-state index contributed by atoms with van der Waals surface area (Å²) in [5.41, 5.74) is 4.78. The number of hydrogen-bond acceptors (Lipinski definition) is 8. The maximum atomic E-state index is 11.8. The van der Waals surface area contributed by atoms with Crippen LogP contribution in [-0.4, -0.2) is 64.7 Å². The topological polar surface area (TPSA) is 120 Å². The minimum atomic E-state index is 0.163. The zero-order chi connectivity index (χ0) is 43.2. The Bertz CT molecular complexity index is 2650. The lowest BCUT2D eigenvalue weighted by molar-refractivity contribution is -0.121. The second-order valence-corrected chi connectivity index (χ2v) is 13.1. The number of morpholine rings is 1. The van der Waals surface area contributed by atoms with Gasteiger partial charge in [0.1, 0.15) is 5.52 Å². The summed E-state index contributed by atoms with van der Waals surface area (Å²) in [5, 5.41) is 9.96. The summed E-state index contributed by atoms with van der Waals surface area (Å²) in [6.45, 7) is 11.5. The number of imidazole rings is 1. The first kappa shape index (κ1) is 45.5. The first-order valence-corrected chi connectivity index (χ1v) is 19.8. The van der Waals surface area contributed by atoms with E-state index >= 15 is 0 Å². The highest BCUT2D eigenvalue weighted by Gasteiger charge is 2.23. The maximum Gasteiger partial charge on any atom is 0.231 e. The number of aromatic amines is 1. The van der Waals surface area contributed by atoms with Crippen molar-refractivity contribution in [2.45, 2.75) is 72.3 Å². The van der Waals surface area contributed by atoms with Gasteiger partial charge in [0.2, 0.25) is 11.9 Å². The summed E-state index contributed by atoms with van der Waals surface area (Å²) < 4.78 is 5.48. The number of aryl methyl sites for hydroxylation is 1. The Morgan fingerprint density at radius 1 is 0.770 bits per heavy atom. The largest absolute Gasteiger partial charge is 0.378 e. The highest BCUT2D eigenvalue weighted by atomic mass is 16.5. The fourth-order valence-corrected chi connectivity index (χ4v) is 6.02. The number of carbonyl (C=O) groups excluding carboxylic acids is 1. The standard InChI is InChI=1S/C27H38N8O2.C24H6/c1-3-28-23(36)11-6-19-4-7-20(8-5-19)31-26-24-25(30-17-29-24)33-27(34-26)32-22-10-9-21(16-18(22)2)35-12-14-37-15-13-35;1-3-5-7-9-11-13-15-17-19-21-23-24-22-20-18-16-14-12-10-8-6-4-2/h9-10,16-17,19-20H,3-8,11-15H2,1-2H3,(H,28,36)(H3,29,30,31,32,33,34);1-2H3. The Kier molecular flexibility index (Phi) is 20.4. The van der Waals surface area contributed by atoms with Gasteiger partial charge in [0.05, 0.1) is 19.5 Å². The van der Waals surface area contributed by atoms with Crippen LogP contribution < -0.4 is 20.9 Å². The smallest absolute Gasteiger partial charge is 0.231 e. The number of anilines is 4. The van der Waals surface area contributed by atoms with Crippen molar-refractivity contribution >= 4 is 40.2 Å². The summed E-state index contributed by atoms with van der Waals surface area (Å²) in [7, 11) is 0. The van der Waals surface area contributed by atoms with E-state index in [9.17, 15) is 4.79 Å². The minimum Gasteiger partial charge on any atom is -0.378 e. The maximum absolute atomic E-state index is 11.8. The summed E-state index contributed by atoms with van der Waals surface area (Å²) in [6.07, 6.45) is 7.61. The van der Waals surface area contributed by atoms with Crippen LogP contribution in [0.15, 0.2) is 24.5 Å². The van der Waals surface area contributed by atoms with E-state index in [0.29, 0.717) is 36.5 Å². The molecule has 1 aliphatic carbocycles. The van der Waals surface area contributed by atoms with E-state index in [0.717, 1.165) is 81.0 Å². The molecule has 5 rings (SSSR count). The van der Waals surface area contributed by atoms with E-state index in [-0.39, 0.29) is 5.91 Å². The van der Waals surface area contributed by atoms with Gasteiger partial charge in [-0.25, -0.2) is 4.98 Å². The molecular formula is C51H44N8O2. The SMILES string of the molecule is CC#CC#CC#CC#CC#CC#CC#CC#CC#CC#CC#CC.CCNC(=O)CCC1CCC(Nc2nc(Nc3ccc(N4CCOCC4)cc3C)nc3nc[nH]c23)CC1. The molecule has 0 bridgehead atoms. The van der Waals surface area contributed by atoms with Crippen LogP contribution in [-0.2, 0) is 9.53 Å². The Labute approximate surface area is 360 Å². The fourth-order valence-electron chi connectivity index (χ4n) is 6.02. The number of ether oxygens (including phenoxy) is 1. The van der Waals surface area contributed by atoms with Gasteiger partial charge in [-0.1, -0.05) is 11.8 Å². The van der Waals surface area contributed by atoms with Crippen molar-refractivity contribution in [2.24, 2.45) is 5.92 Å². The van der Waals surface area contributed by atoms with Crippen LogP contribution >= 0.6 is 0 Å². The molecule has 0 spiro atoms. The number of amides is 1. The van der Waals surface area contributed by atoms with Crippen LogP contribution in [0.2, 0.25) is 0 Å². The number of nitrogens with one attached hydrogen (secondary N) is 4. The molecule has 2 aliphatic rings. The van der Waals surface area contributed by atoms with Crippen molar-refractivity contribution < 1.29 is 9.53 Å². The number of hydrogen-bond donors (Lipinski definition) is 4. The van der Waals surface area contributed by atoms with Crippen LogP contribution in [0.4, 0.5) is 23.1 Å². The number of nitrogens with zero attached hydrogens (tertiary/aromatic N) is 4. The minimum absolute atomic E-state index is 0.163. The number of benzene rings is 1. The number of rotatable bonds is 9. The lowest BCUT2D eigenvalue weighted by Crippen LogP contribution is -2.36. The predicted molar refractivity (Wildman–Crippen MR) is 243 cm³/mol. The first-order chi connectivity index (χ1) is 30.0. The molecule has 2 fully saturated rings. The summed E-state index contributed by atoms with van der Waals surface area (Å²) in [5.74, 6) is 57.7. The number of H-pyrrole nitrogens is 1. The molecule has 0 unspecified atom stereocenters. The number of carbonyl (C=O) groups is 1. The van der Waals surface area contributed by atoms with Crippen LogP contribution in [0.25, 0.3) is 11.2 Å². The van der Waals surface area contributed by atoms with E-state index in [2.05, 4.69) is 191 Å². The Balaban J connectivity index is 0.000000298. The summed E-state index contributed by atoms with van der Waals surface area (Å²) in [4.78, 5) is 31.2. The third kappa shape index (κ3) is 17.4. The van der Waals surface area contributed by atoms with Crippen LogP contribution in [0.1, 0.15) is 64.9 Å². The molecule has 1 aromatic carbocycles. The van der Waals surface area contributed by atoms with E-state index < -0.39 is 0 Å². The van der Waals surface area contributed by atoms with E-state index in [4.69, 9.17) is 9.72 Å². The van der Waals surface area contributed by atoms with E-state index in [1.165, 1.54) is 5.69 Å². The Morgan fingerprint density at radius 2 is 1.31 bits per heavy atom. The van der Waals surface area contributed by atoms with E-state index in [1.54, 1.807) is 20.2 Å². The monoisotopic (exact) mass is 800 g/mol. The van der Waals surface area contributed by atoms with Crippen molar-refractivity contribution in [1.29, 1.82) is 0 Å². The molecule has 3 aromatic rings. The molecule has 300 valence electrons. The Morgan fingerprint density at radius 3 is 1.82 bits per heavy atom. The summed E-state index contributed by atoms with van der Waals surface area (Å²) in [6, 6.07) is 6.76. The molecule has 0 atom stereocenters. The van der Waals surface area contributed by atoms with Crippen LogP contribution in [0.5, 0.6) is 0 Å². The van der Waals surface area contributed by atoms with E-state index in [1.807, 2.05) is 6.92 Å². The molecule has 1 aliphatic heterocycles. The molecule has 3 heterocycles. The molecule has 1 amide bonds. The molecule has 2 aromatic heterocycles. The lowest BCUT2D eigenvalue weighted by Gasteiger charge is -2.29. The molecule has 0 radical (unpaired) electrons. The normalized spacial score (nSPS) is 13.7. The highest BCUT2D eigenvalue weighted by molar-refractivity contribution is 5.84. The third-order valence-electron chi connectivity index (χ3n) is 8.90. The average Bonchev–Trinajstić information content (AvgIpc) is 3.76. The number of aromatic nitrogens is 4. The number of fused-ring (bicyclic) bond motifs is 1. The molecule has 1 saturated heterocycles. The average molecular weight is 801 g/mol. The fraction of sp³-hybridized carbons (Fsp3) is 0.333. The van der Waals surface area contributed by atoms with Gasteiger partial charge in [0.25, 0.3) is 0 Å². The van der Waals surface area contributed by atoms with Gasteiger partial charge in [-0.15, -0.1) is 0 Å². The Hall–Kier alpha value is -8.24. The molecule has 4 N–H and O–H groups in total. The van der Waals surface area contributed by atoms with Crippen LogP contribution in [0, 0.1) is 143 Å². The quantitative estimate of drug-likeness (QED) is 0.219. The van der Waals surface area contributed by atoms with Gasteiger partial charge >= 0.3 is 0 Å². The van der Waals surface area contributed by atoms with Gasteiger partial charge in [0.15, 0.2) is 11.5 Å². The molecular weight excluding hydrogens is 757 g/mol. The van der Waals surface area contributed by atoms with Gasteiger partial charge in [0, 0.05) is 67.2 Å². The van der Waals surface area contributed by atoms with Gasteiger partial charge in [-0.3, -0.25) is 4.79 Å². The van der Waals surface area contributed by atoms with Gasteiger partial charge in [-0.05, 0) is 184 Å². The molecule has 10 nitrogen and oxygen atoms in total. The highest BCUT2D eigenvalue weighted by Crippen LogP contribution is 2.31. The van der Waals surface area contributed by atoms with Crippen molar-refractivity contribution in [3.8, 4) is 130 Å². The third-order valence-corrected chi connectivity index (χ3v) is 8.90. The summed E-state index contributed by atoms with van der Waals surface area (Å²) >= 11 is 0. The lowest BCUT2D eigenvalue weighted by atomic mass is 9.83. The zero-order valence-corrected chi connectivity index (χ0v) is 34.8. The second-order valence-electron chi connectivity index (χ2n) is 13.1. The van der Waals surface area contributed by atoms with Gasteiger partial charge < -0.3 is 30.6 Å².